The first kappa shape index (κ1) is 11.2. The Morgan fingerprint density at radius 2 is 2.00 bits per heavy atom. The predicted octanol–water partition coefficient (Wildman–Crippen LogP) is 1.36. The number of rotatable bonds is 3. The third kappa shape index (κ3) is 3.42. The molecule has 4 nitrogen and oxygen atoms in total. The van der Waals surface area contributed by atoms with Crippen molar-refractivity contribution >= 4 is 17.6 Å². The summed E-state index contributed by atoms with van der Waals surface area (Å²) in [5.41, 5.74) is 1.40. The highest BCUT2D eigenvalue weighted by Crippen LogP contribution is 2.15. The maximum atomic E-state index is 11.1. The second kappa shape index (κ2) is 5.14. The number of ether oxygens (including phenoxy) is 1. The van der Waals surface area contributed by atoms with Gasteiger partial charge in [0.25, 0.3) is 0 Å². The monoisotopic (exact) mass is 207 g/mol. The molecule has 1 amide bonds. The van der Waals surface area contributed by atoms with E-state index in [4.69, 9.17) is 0 Å². The zero-order valence-corrected chi connectivity index (χ0v) is 8.74. The van der Waals surface area contributed by atoms with Crippen LogP contribution in [0, 0.1) is 0 Å². The normalized spacial score (nSPS) is 9.47. The highest BCUT2D eigenvalue weighted by atomic mass is 16.5. The molecule has 0 atom stereocenters. The van der Waals surface area contributed by atoms with Crippen LogP contribution in [0.5, 0.6) is 0 Å². The lowest BCUT2D eigenvalue weighted by Gasteiger charge is -2.08. The number of benzene rings is 1. The first-order valence-corrected chi connectivity index (χ1v) is 4.56. The van der Waals surface area contributed by atoms with E-state index in [0.717, 1.165) is 5.56 Å². The van der Waals surface area contributed by atoms with Crippen LogP contribution in [0.2, 0.25) is 0 Å². The van der Waals surface area contributed by atoms with Crippen LogP contribution in [0.15, 0.2) is 24.3 Å². The van der Waals surface area contributed by atoms with E-state index in [9.17, 15) is 9.59 Å². The van der Waals surface area contributed by atoms with Gasteiger partial charge in [-0.05, 0) is 11.6 Å². The maximum absolute atomic E-state index is 11.1. The van der Waals surface area contributed by atoms with E-state index in [0.29, 0.717) is 5.69 Å². The molecule has 1 rings (SSSR count). The highest BCUT2D eigenvalue weighted by Gasteiger charge is 2.07. The van der Waals surface area contributed by atoms with Crippen LogP contribution in [0.3, 0.4) is 0 Å². The smallest absolute Gasteiger partial charge is 0.310 e. The summed E-state index contributed by atoms with van der Waals surface area (Å²) in [5.74, 6) is -0.486. The lowest BCUT2D eigenvalue weighted by atomic mass is 10.1. The van der Waals surface area contributed by atoms with Crippen molar-refractivity contribution in [2.75, 3.05) is 12.4 Å². The summed E-state index contributed by atoms with van der Waals surface area (Å²) in [7, 11) is 1.34. The summed E-state index contributed by atoms with van der Waals surface area (Å²) < 4.78 is 4.56. The minimum atomic E-state index is -0.326. The standard InChI is InChI=1S/C11H13NO3/c1-8(13)12-10-6-4-3-5-9(10)7-11(14)15-2/h3-6H,7H2,1-2H3,(H,12,13). The van der Waals surface area contributed by atoms with Crippen LogP contribution in [0.4, 0.5) is 5.69 Å². The van der Waals surface area contributed by atoms with Gasteiger partial charge in [0.15, 0.2) is 0 Å². The van der Waals surface area contributed by atoms with Gasteiger partial charge in [0.05, 0.1) is 13.5 Å². The van der Waals surface area contributed by atoms with Gasteiger partial charge in [-0.2, -0.15) is 0 Å². The molecular weight excluding hydrogens is 194 g/mol. The Morgan fingerprint density at radius 3 is 2.60 bits per heavy atom. The van der Waals surface area contributed by atoms with Crippen molar-refractivity contribution in [2.24, 2.45) is 0 Å². The van der Waals surface area contributed by atoms with Crippen LogP contribution in [-0.2, 0) is 20.7 Å². The highest BCUT2D eigenvalue weighted by molar-refractivity contribution is 5.90. The van der Waals surface area contributed by atoms with E-state index in [1.54, 1.807) is 18.2 Å². The molecule has 0 fully saturated rings. The summed E-state index contributed by atoms with van der Waals surface area (Å²) in [6.07, 6.45) is 0.160. The fourth-order valence-corrected chi connectivity index (χ4v) is 1.21. The van der Waals surface area contributed by atoms with Crippen LogP contribution < -0.4 is 5.32 Å². The molecule has 1 aromatic carbocycles. The van der Waals surface area contributed by atoms with Crippen molar-refractivity contribution in [3.8, 4) is 0 Å². The summed E-state index contributed by atoms with van der Waals surface area (Å²) in [6.45, 7) is 1.43. The molecule has 0 saturated heterocycles. The van der Waals surface area contributed by atoms with Crippen molar-refractivity contribution < 1.29 is 14.3 Å². The van der Waals surface area contributed by atoms with E-state index in [2.05, 4.69) is 10.1 Å². The van der Waals surface area contributed by atoms with E-state index in [1.165, 1.54) is 14.0 Å². The molecule has 15 heavy (non-hydrogen) atoms. The van der Waals surface area contributed by atoms with Crippen molar-refractivity contribution in [2.45, 2.75) is 13.3 Å². The first-order chi connectivity index (χ1) is 7.13. The number of amides is 1. The molecular formula is C11H13NO3. The molecule has 1 aromatic rings. The zero-order valence-electron chi connectivity index (χ0n) is 8.74. The maximum Gasteiger partial charge on any atom is 0.310 e. The Hall–Kier alpha value is -1.84. The Morgan fingerprint density at radius 1 is 1.33 bits per heavy atom. The SMILES string of the molecule is COC(=O)Cc1ccccc1NC(C)=O. The number of carbonyl (C=O) groups excluding carboxylic acids is 2. The quantitative estimate of drug-likeness (QED) is 0.761. The van der Waals surface area contributed by atoms with Crippen molar-refractivity contribution in [1.29, 1.82) is 0 Å². The minimum Gasteiger partial charge on any atom is -0.469 e. The number of esters is 1. The predicted molar refractivity (Wildman–Crippen MR) is 56.5 cm³/mol. The molecule has 0 radical (unpaired) electrons. The van der Waals surface area contributed by atoms with Crippen LogP contribution in [0.25, 0.3) is 0 Å². The van der Waals surface area contributed by atoms with Gasteiger partial charge in [0, 0.05) is 12.6 Å². The first-order valence-electron chi connectivity index (χ1n) is 4.56. The van der Waals surface area contributed by atoms with Gasteiger partial charge in [-0.3, -0.25) is 9.59 Å². The third-order valence-electron chi connectivity index (χ3n) is 1.89. The molecule has 1 N–H and O–H groups in total. The number of hydrogen-bond acceptors (Lipinski definition) is 3. The van der Waals surface area contributed by atoms with E-state index in [1.807, 2.05) is 6.07 Å². The molecule has 0 aromatic heterocycles. The topological polar surface area (TPSA) is 55.4 Å². The third-order valence-corrected chi connectivity index (χ3v) is 1.89. The Labute approximate surface area is 88.2 Å². The summed E-state index contributed by atoms with van der Waals surface area (Å²) >= 11 is 0. The summed E-state index contributed by atoms with van der Waals surface area (Å²) in [6, 6.07) is 7.14. The molecule has 0 bridgehead atoms. The van der Waals surface area contributed by atoms with Gasteiger partial charge in [-0.25, -0.2) is 0 Å². The molecule has 0 saturated carbocycles. The average Bonchev–Trinajstić information content (AvgIpc) is 2.20. The molecule has 80 valence electrons. The van der Waals surface area contributed by atoms with E-state index >= 15 is 0 Å². The second-order valence-electron chi connectivity index (χ2n) is 3.09. The number of anilines is 1. The molecule has 0 aliphatic carbocycles. The molecule has 0 heterocycles. The van der Waals surface area contributed by atoms with Gasteiger partial charge < -0.3 is 10.1 Å². The molecule has 0 unspecified atom stereocenters. The largest absolute Gasteiger partial charge is 0.469 e. The molecule has 0 aliphatic heterocycles. The van der Waals surface area contributed by atoms with Gasteiger partial charge >= 0.3 is 5.97 Å². The van der Waals surface area contributed by atoms with Crippen molar-refractivity contribution in [1.82, 2.24) is 0 Å². The number of carbonyl (C=O) groups is 2. The minimum absolute atomic E-state index is 0.160. The Balaban J connectivity index is 2.85. The molecule has 4 heteroatoms. The fraction of sp³-hybridized carbons (Fsp3) is 0.273. The van der Waals surface area contributed by atoms with Crippen molar-refractivity contribution in [3.63, 3.8) is 0 Å². The molecule has 0 spiro atoms. The number of methoxy groups -OCH3 is 1. The van der Waals surface area contributed by atoms with Gasteiger partial charge in [0.1, 0.15) is 0 Å². The Bertz CT molecular complexity index is 374. The van der Waals surface area contributed by atoms with Gasteiger partial charge in [0.2, 0.25) is 5.91 Å². The lowest BCUT2D eigenvalue weighted by molar-refractivity contribution is -0.139. The van der Waals surface area contributed by atoms with Crippen LogP contribution in [0.1, 0.15) is 12.5 Å². The number of para-hydroxylation sites is 1. The summed E-state index contributed by atoms with van der Waals surface area (Å²) in [4.78, 5) is 22.0. The zero-order chi connectivity index (χ0) is 11.3. The van der Waals surface area contributed by atoms with Gasteiger partial charge in [-0.1, -0.05) is 18.2 Å². The lowest BCUT2D eigenvalue weighted by Crippen LogP contribution is -2.11. The fourth-order valence-electron chi connectivity index (χ4n) is 1.21. The summed E-state index contributed by atoms with van der Waals surface area (Å²) in [5, 5.41) is 2.66. The van der Waals surface area contributed by atoms with Crippen LogP contribution >= 0.6 is 0 Å². The van der Waals surface area contributed by atoms with Gasteiger partial charge in [-0.15, -0.1) is 0 Å². The average molecular weight is 207 g/mol. The Kier molecular flexibility index (Phi) is 3.85. The number of nitrogens with one attached hydrogen (secondary N) is 1. The van der Waals surface area contributed by atoms with Crippen molar-refractivity contribution in [3.05, 3.63) is 29.8 Å². The van der Waals surface area contributed by atoms with Crippen LogP contribution in [-0.4, -0.2) is 19.0 Å². The molecule has 0 aliphatic rings. The second-order valence-corrected chi connectivity index (χ2v) is 3.09. The number of hydrogen-bond donors (Lipinski definition) is 1. The van der Waals surface area contributed by atoms with E-state index in [-0.39, 0.29) is 18.3 Å². The van der Waals surface area contributed by atoms with E-state index < -0.39 is 0 Å².